The zero-order chi connectivity index (χ0) is 13.7. The minimum Gasteiger partial charge on any atom is -0.488 e. The highest BCUT2D eigenvalue weighted by Crippen LogP contribution is 2.21. The van der Waals surface area contributed by atoms with E-state index in [1.807, 2.05) is 48.5 Å². The van der Waals surface area contributed by atoms with Gasteiger partial charge in [0.15, 0.2) is 0 Å². The second kappa shape index (κ2) is 6.25. The highest BCUT2D eigenvalue weighted by atomic mass is 35.5. The molecular formula is C15H14ClNO2. The summed E-state index contributed by atoms with van der Waals surface area (Å²) in [7, 11) is 0. The zero-order valence-electron chi connectivity index (χ0n) is 10.5. The Morgan fingerprint density at radius 3 is 2.74 bits per heavy atom. The molecule has 98 valence electrons. The Hall–Kier alpha value is -2.00. The van der Waals surface area contributed by atoms with E-state index in [0.717, 1.165) is 11.1 Å². The Kier molecular flexibility index (Phi) is 4.42. The van der Waals surface area contributed by atoms with Gasteiger partial charge in [-0.25, -0.2) is 0 Å². The number of para-hydroxylation sites is 1. The van der Waals surface area contributed by atoms with Gasteiger partial charge in [0.05, 0.1) is 5.71 Å². The first kappa shape index (κ1) is 13.4. The summed E-state index contributed by atoms with van der Waals surface area (Å²) in [5, 5.41) is 12.7. The van der Waals surface area contributed by atoms with E-state index in [2.05, 4.69) is 5.16 Å². The Labute approximate surface area is 117 Å². The number of hydrogen-bond acceptors (Lipinski definition) is 3. The van der Waals surface area contributed by atoms with Crippen molar-refractivity contribution in [3.8, 4) is 5.75 Å². The van der Waals surface area contributed by atoms with Crippen LogP contribution in [-0.2, 0) is 6.61 Å². The van der Waals surface area contributed by atoms with Crippen molar-refractivity contribution in [1.29, 1.82) is 0 Å². The zero-order valence-corrected chi connectivity index (χ0v) is 11.3. The van der Waals surface area contributed by atoms with Crippen LogP contribution in [0.4, 0.5) is 0 Å². The SMILES string of the molecule is C/C(=N\O)c1ccccc1OCc1cccc(Cl)c1. The third kappa shape index (κ3) is 3.48. The molecule has 0 aromatic heterocycles. The van der Waals surface area contributed by atoms with Crippen molar-refractivity contribution in [2.75, 3.05) is 0 Å². The van der Waals surface area contributed by atoms with Crippen LogP contribution in [0.15, 0.2) is 53.7 Å². The lowest BCUT2D eigenvalue weighted by atomic mass is 10.1. The fraction of sp³-hybridized carbons (Fsp3) is 0.133. The van der Waals surface area contributed by atoms with Crippen LogP contribution in [0.5, 0.6) is 5.75 Å². The maximum Gasteiger partial charge on any atom is 0.128 e. The molecular weight excluding hydrogens is 262 g/mol. The first-order chi connectivity index (χ1) is 9.20. The molecule has 0 atom stereocenters. The van der Waals surface area contributed by atoms with Crippen molar-refractivity contribution in [1.82, 2.24) is 0 Å². The largest absolute Gasteiger partial charge is 0.488 e. The van der Waals surface area contributed by atoms with E-state index in [0.29, 0.717) is 23.1 Å². The van der Waals surface area contributed by atoms with E-state index >= 15 is 0 Å². The summed E-state index contributed by atoms with van der Waals surface area (Å²) in [4.78, 5) is 0. The summed E-state index contributed by atoms with van der Waals surface area (Å²) in [6, 6.07) is 14.9. The van der Waals surface area contributed by atoms with E-state index < -0.39 is 0 Å². The molecule has 0 bridgehead atoms. The summed E-state index contributed by atoms with van der Waals surface area (Å²) in [6.45, 7) is 2.14. The predicted molar refractivity (Wildman–Crippen MR) is 76.2 cm³/mol. The molecule has 0 unspecified atom stereocenters. The van der Waals surface area contributed by atoms with E-state index in [-0.39, 0.29) is 0 Å². The van der Waals surface area contributed by atoms with Crippen molar-refractivity contribution < 1.29 is 9.94 Å². The summed E-state index contributed by atoms with van der Waals surface area (Å²) in [5.41, 5.74) is 2.27. The van der Waals surface area contributed by atoms with Gasteiger partial charge in [-0.15, -0.1) is 0 Å². The van der Waals surface area contributed by atoms with Crippen LogP contribution in [0, 0.1) is 0 Å². The maximum absolute atomic E-state index is 8.85. The lowest BCUT2D eigenvalue weighted by Gasteiger charge is -2.10. The smallest absolute Gasteiger partial charge is 0.128 e. The molecule has 2 aromatic carbocycles. The van der Waals surface area contributed by atoms with Crippen LogP contribution in [-0.4, -0.2) is 10.9 Å². The molecule has 0 aliphatic carbocycles. The molecule has 2 rings (SSSR count). The minimum absolute atomic E-state index is 0.413. The van der Waals surface area contributed by atoms with Gasteiger partial charge in [0, 0.05) is 10.6 Å². The molecule has 19 heavy (non-hydrogen) atoms. The summed E-state index contributed by atoms with van der Waals surface area (Å²) >= 11 is 5.92. The topological polar surface area (TPSA) is 41.8 Å². The molecule has 4 heteroatoms. The van der Waals surface area contributed by atoms with Crippen molar-refractivity contribution >= 4 is 17.3 Å². The van der Waals surface area contributed by atoms with E-state index in [1.165, 1.54) is 0 Å². The van der Waals surface area contributed by atoms with Gasteiger partial charge < -0.3 is 9.94 Å². The van der Waals surface area contributed by atoms with Gasteiger partial charge in [-0.3, -0.25) is 0 Å². The van der Waals surface area contributed by atoms with Gasteiger partial charge in [0.25, 0.3) is 0 Å². The molecule has 0 aliphatic heterocycles. The average molecular weight is 276 g/mol. The monoisotopic (exact) mass is 275 g/mol. The van der Waals surface area contributed by atoms with Gasteiger partial charge >= 0.3 is 0 Å². The molecule has 0 saturated heterocycles. The number of benzene rings is 2. The predicted octanol–water partition coefficient (Wildman–Crippen LogP) is 4.12. The van der Waals surface area contributed by atoms with Crippen LogP contribution in [0.2, 0.25) is 5.02 Å². The van der Waals surface area contributed by atoms with Crippen LogP contribution in [0.1, 0.15) is 18.1 Å². The second-order valence-electron chi connectivity index (χ2n) is 4.10. The minimum atomic E-state index is 0.413. The number of hydrogen-bond donors (Lipinski definition) is 1. The molecule has 0 fully saturated rings. The first-order valence-electron chi connectivity index (χ1n) is 5.86. The Bertz CT molecular complexity index is 596. The van der Waals surface area contributed by atoms with E-state index in [9.17, 15) is 0 Å². The molecule has 1 N–H and O–H groups in total. The third-order valence-electron chi connectivity index (χ3n) is 2.71. The Morgan fingerprint density at radius 2 is 2.00 bits per heavy atom. The van der Waals surface area contributed by atoms with E-state index in [4.69, 9.17) is 21.5 Å². The van der Waals surface area contributed by atoms with Crippen LogP contribution in [0.25, 0.3) is 0 Å². The van der Waals surface area contributed by atoms with Crippen molar-refractivity contribution in [3.05, 3.63) is 64.7 Å². The lowest BCUT2D eigenvalue weighted by molar-refractivity contribution is 0.303. The Morgan fingerprint density at radius 1 is 1.21 bits per heavy atom. The first-order valence-corrected chi connectivity index (χ1v) is 6.24. The van der Waals surface area contributed by atoms with Gasteiger partial charge in [-0.2, -0.15) is 0 Å². The van der Waals surface area contributed by atoms with Gasteiger partial charge in [0.2, 0.25) is 0 Å². The molecule has 0 aliphatic rings. The fourth-order valence-corrected chi connectivity index (χ4v) is 1.95. The maximum atomic E-state index is 8.85. The molecule has 2 aromatic rings. The summed E-state index contributed by atoms with van der Waals surface area (Å²) in [5.74, 6) is 0.678. The van der Waals surface area contributed by atoms with Crippen LogP contribution in [0.3, 0.4) is 0 Å². The van der Waals surface area contributed by atoms with Crippen LogP contribution < -0.4 is 4.74 Å². The number of halogens is 1. The van der Waals surface area contributed by atoms with Gasteiger partial charge in [0.1, 0.15) is 12.4 Å². The Balaban J connectivity index is 2.16. The van der Waals surface area contributed by atoms with Gasteiger partial charge in [-0.05, 0) is 36.8 Å². The molecule has 0 heterocycles. The fourth-order valence-electron chi connectivity index (χ4n) is 1.73. The number of oxime groups is 1. The summed E-state index contributed by atoms with van der Waals surface area (Å²) in [6.07, 6.45) is 0. The third-order valence-corrected chi connectivity index (χ3v) is 2.95. The van der Waals surface area contributed by atoms with Crippen LogP contribution >= 0.6 is 11.6 Å². The highest BCUT2D eigenvalue weighted by Gasteiger charge is 2.06. The van der Waals surface area contributed by atoms with Crippen molar-refractivity contribution in [2.24, 2.45) is 5.16 Å². The molecule has 0 amide bonds. The van der Waals surface area contributed by atoms with Crippen molar-refractivity contribution in [3.63, 3.8) is 0 Å². The molecule has 0 spiro atoms. The second-order valence-corrected chi connectivity index (χ2v) is 4.54. The average Bonchev–Trinajstić information content (AvgIpc) is 2.45. The molecule has 0 radical (unpaired) electrons. The normalized spacial score (nSPS) is 11.4. The van der Waals surface area contributed by atoms with Gasteiger partial charge in [-0.1, -0.05) is 41.0 Å². The van der Waals surface area contributed by atoms with E-state index in [1.54, 1.807) is 6.92 Å². The number of rotatable bonds is 4. The number of nitrogens with zero attached hydrogens (tertiary/aromatic N) is 1. The summed E-state index contributed by atoms with van der Waals surface area (Å²) < 4.78 is 5.75. The standard InChI is InChI=1S/C15H14ClNO2/c1-11(17-18)14-7-2-3-8-15(14)19-10-12-5-4-6-13(16)9-12/h2-9,18H,10H2,1H3/b17-11+. The number of ether oxygens (including phenoxy) is 1. The lowest BCUT2D eigenvalue weighted by Crippen LogP contribution is -2.02. The van der Waals surface area contributed by atoms with Crippen molar-refractivity contribution in [2.45, 2.75) is 13.5 Å². The quantitative estimate of drug-likeness (QED) is 0.518. The molecule has 3 nitrogen and oxygen atoms in total. The molecule has 0 saturated carbocycles. The highest BCUT2D eigenvalue weighted by molar-refractivity contribution is 6.30.